The molecule has 16 rings (SSSR count). The second-order valence-corrected chi connectivity index (χ2v) is 22.2. The van der Waals surface area contributed by atoms with Crippen LogP contribution in [0.4, 0.5) is 0 Å². The van der Waals surface area contributed by atoms with Crippen LogP contribution in [-0.4, -0.2) is 18.7 Å². The first-order valence-corrected chi connectivity index (χ1v) is 27.2. The Morgan fingerprint density at radius 1 is 0.536 bits per heavy atom. The third-order valence-electron chi connectivity index (χ3n) is 16.1. The van der Waals surface area contributed by atoms with Gasteiger partial charge in [-0.1, -0.05) is 194 Å². The molecule has 5 heterocycles. The van der Waals surface area contributed by atoms with E-state index in [2.05, 4.69) is 27.1 Å². The van der Waals surface area contributed by atoms with Gasteiger partial charge in [-0.3, -0.25) is 13.7 Å². The van der Waals surface area contributed by atoms with E-state index in [9.17, 15) is 20.6 Å². The number of rotatable bonds is 6. The van der Waals surface area contributed by atoms with Crippen molar-refractivity contribution in [3.63, 3.8) is 0 Å². The Morgan fingerprint density at radius 3 is 1.82 bits per heavy atom. The van der Waals surface area contributed by atoms with Gasteiger partial charge in [-0.2, -0.15) is 0 Å². The molecule has 0 unspecified atom stereocenters. The zero-order valence-electron chi connectivity index (χ0n) is 72.2. The molecule has 0 spiro atoms. The van der Waals surface area contributed by atoms with Crippen LogP contribution >= 0.6 is 0 Å². The van der Waals surface area contributed by atoms with Crippen LogP contribution in [-0.2, 0) is 16.2 Å². The molecule has 6 heteroatoms. The van der Waals surface area contributed by atoms with E-state index in [1.807, 2.05) is 106 Å². The van der Waals surface area contributed by atoms with Crippen molar-refractivity contribution in [3.8, 4) is 78.9 Å². The number of aromatic nitrogens is 5. The molecular formula is C78H63N5O. The lowest BCUT2D eigenvalue weighted by Crippen LogP contribution is -2.33. The standard InChI is InChI=1S/C78H63N5O/c1-76(2,3)51-38-41-79-73(45-51)83-69-32-17-14-28-61(69)62-36-35-54(47-71(62)83)84-53-21-18-20-52(46-53)80-48-81-74-63(29-19-33-70(74)82-67-30-15-12-26-59(67)60-27-13-16-31-68(60)82)57-24-10-8-22-55(57)56-23-9-11-25-58(56)64-42-50(44-72(80)75(64)81)49-34-37-65-66(43-49)78(6,7)40-39-77(65,4)5/h8-38,41-47H,39-40H2,1-7H3/i4D3,5D3,6D3,7D3,8D,9D,10D,11D,22D,23D,24D,25D,34D,37D,39D2,40D2,43D. The summed E-state index contributed by atoms with van der Waals surface area (Å²) in [7, 11) is 0. The van der Waals surface area contributed by atoms with Crippen molar-refractivity contribution in [2.24, 2.45) is 0 Å². The van der Waals surface area contributed by atoms with Crippen molar-refractivity contribution in [1.29, 1.82) is 0 Å². The van der Waals surface area contributed by atoms with Gasteiger partial charge in [-0.05, 0) is 163 Å². The average molecular weight is 1110 g/mol. The predicted molar refractivity (Wildman–Crippen MR) is 346 cm³/mol. The normalized spacial score (nSPS) is 20.7. The van der Waals surface area contributed by atoms with Crippen LogP contribution in [0, 0.1) is 6.33 Å². The van der Waals surface area contributed by atoms with E-state index >= 15 is 0 Å². The molecule has 0 fully saturated rings. The summed E-state index contributed by atoms with van der Waals surface area (Å²) in [6, 6.07) is 35.2. The molecule has 0 atom stereocenters. The van der Waals surface area contributed by atoms with Gasteiger partial charge in [0.25, 0.3) is 6.33 Å². The number of ether oxygens (including phenoxy) is 1. The highest BCUT2D eigenvalue weighted by Crippen LogP contribution is 2.50. The molecule has 0 radical (unpaired) electrons. The Balaban J connectivity index is 1.09. The van der Waals surface area contributed by atoms with Crippen molar-refractivity contribution < 1.29 is 46.3 Å². The number of hydrogen-bond acceptors (Lipinski definition) is 2. The molecule has 1 aliphatic carbocycles. The Morgan fingerprint density at radius 2 is 1.14 bits per heavy atom. The van der Waals surface area contributed by atoms with Crippen LogP contribution in [0.25, 0.3) is 122 Å². The molecule has 0 bridgehead atoms. The van der Waals surface area contributed by atoms with Crippen molar-refractivity contribution in [2.75, 3.05) is 0 Å². The SMILES string of the molecule is [2H]c1c([2H])c([2H])c2c(c1[2H])-c1cccc(-n3c4ccccc4c4ccccc43)c1-[n+]1[c-]n(-c3cccc(Oc4ccc5c6ccccc6n(-c6cc(C(C)(C)C)ccn6)c5c4)c3)c3cc(-c4c([2H])c([2H])c5c(c4[2H])C(C([2H])([2H])[2H])(C([2H])([2H])[2H])C([2H])([2H])C([2H])([2H])C5(C([2H])([2H])[2H])C([2H])([2H])[2H])cc(c31)-c1c([2H])c([2H])c([2H])c([2H])c1-2. The van der Waals surface area contributed by atoms with Gasteiger partial charge in [-0.25, -0.2) is 4.98 Å². The quantitative estimate of drug-likeness (QED) is 0.123. The molecule has 6 nitrogen and oxygen atoms in total. The summed E-state index contributed by atoms with van der Waals surface area (Å²) < 4.78 is 270. The Labute approximate surface area is 528 Å². The monoisotopic (exact) mass is 1110 g/mol. The van der Waals surface area contributed by atoms with Crippen LogP contribution < -0.4 is 9.30 Å². The average Bonchev–Trinajstić information content (AvgIpc) is 1.35. The van der Waals surface area contributed by atoms with Crippen molar-refractivity contribution >= 4 is 54.6 Å². The third kappa shape index (κ3) is 7.69. The maximum atomic E-state index is 10.5. The largest absolute Gasteiger partial charge is 0.458 e. The molecule has 84 heavy (non-hydrogen) atoms. The fourth-order valence-corrected chi connectivity index (χ4v) is 12.2. The summed E-state index contributed by atoms with van der Waals surface area (Å²) in [6.45, 7) is -11.3. The second kappa shape index (κ2) is 18.4. The number of nitrogens with zero attached hydrogens (tertiary/aromatic N) is 5. The van der Waals surface area contributed by atoms with Gasteiger partial charge in [0.15, 0.2) is 0 Å². The van der Waals surface area contributed by atoms with Crippen molar-refractivity contribution in [1.82, 2.24) is 18.7 Å². The molecule has 1 aliphatic heterocycles. The molecule has 4 aromatic heterocycles. The van der Waals surface area contributed by atoms with Gasteiger partial charge in [0.05, 0.1) is 65.2 Å². The first-order chi connectivity index (χ1) is 51.9. The Hall–Kier alpha value is -9.78. The number of para-hydroxylation sites is 4. The van der Waals surface area contributed by atoms with E-state index in [1.165, 1.54) is 15.2 Å². The highest BCUT2D eigenvalue weighted by Gasteiger charge is 2.37. The minimum absolute atomic E-state index is 0.0411. The summed E-state index contributed by atoms with van der Waals surface area (Å²) >= 11 is 0. The van der Waals surface area contributed by atoms with Crippen LogP contribution in [0.15, 0.2) is 230 Å². The lowest BCUT2D eigenvalue weighted by atomic mass is 9.63. The number of hydrogen-bond donors (Lipinski definition) is 0. The molecule has 0 amide bonds. The highest BCUT2D eigenvalue weighted by atomic mass is 16.5. The minimum Gasteiger partial charge on any atom is -0.458 e. The zero-order chi connectivity index (χ0) is 80.0. The highest BCUT2D eigenvalue weighted by molar-refractivity contribution is 6.11. The van der Waals surface area contributed by atoms with Crippen LogP contribution in [0.2, 0.25) is 0 Å². The van der Waals surface area contributed by atoms with E-state index in [1.54, 1.807) is 54.7 Å². The van der Waals surface area contributed by atoms with E-state index in [4.69, 9.17) is 26.2 Å². The molecule has 2 aliphatic rings. The van der Waals surface area contributed by atoms with Gasteiger partial charge in [-0.15, -0.1) is 0 Å². The van der Waals surface area contributed by atoms with E-state index in [0.717, 1.165) is 44.2 Å². The topological polar surface area (TPSA) is 40.8 Å². The summed E-state index contributed by atoms with van der Waals surface area (Å²) in [5, 5.41) is 3.34. The van der Waals surface area contributed by atoms with E-state index in [-0.39, 0.29) is 50.3 Å². The number of imidazole rings is 1. The summed E-state index contributed by atoms with van der Waals surface area (Å²) in [5.41, 5.74) is -12.2. The van der Waals surface area contributed by atoms with Crippen LogP contribution in [0.5, 0.6) is 11.5 Å². The van der Waals surface area contributed by atoms with Gasteiger partial charge in [0.2, 0.25) is 0 Å². The molecular weight excluding hydrogens is 1020 g/mol. The van der Waals surface area contributed by atoms with E-state index < -0.39 is 156 Å². The van der Waals surface area contributed by atoms with Crippen LogP contribution in [0.1, 0.15) is 115 Å². The van der Waals surface area contributed by atoms with Crippen molar-refractivity contribution in [2.45, 2.75) is 77.2 Å². The smallest absolute Gasteiger partial charge is 0.269 e. The molecule has 0 N–H and O–H groups in total. The fourth-order valence-electron chi connectivity index (χ4n) is 12.2. The predicted octanol–water partition coefficient (Wildman–Crippen LogP) is 19.7. The number of fused-ring (bicyclic) bond motifs is 14. The maximum Gasteiger partial charge on any atom is 0.269 e. The van der Waals surface area contributed by atoms with Crippen LogP contribution in [0.3, 0.4) is 0 Å². The maximum absolute atomic E-state index is 10.5. The van der Waals surface area contributed by atoms with Gasteiger partial charge < -0.3 is 9.30 Å². The first-order valence-electron chi connectivity index (χ1n) is 40.7. The molecule has 14 aromatic rings. The zero-order valence-corrected chi connectivity index (χ0v) is 45.2. The molecule has 10 aromatic carbocycles. The number of benzene rings is 10. The third-order valence-corrected chi connectivity index (χ3v) is 16.1. The number of pyridine rings is 1. The Bertz CT molecular complexity index is 6330. The van der Waals surface area contributed by atoms with Gasteiger partial charge in [0.1, 0.15) is 17.3 Å². The second-order valence-electron chi connectivity index (χ2n) is 22.2. The molecule has 0 saturated heterocycles. The van der Waals surface area contributed by atoms with Crippen molar-refractivity contribution in [3.05, 3.63) is 253 Å². The first kappa shape index (κ1) is 29.5. The molecule has 406 valence electrons. The van der Waals surface area contributed by atoms with Gasteiger partial charge in [0, 0.05) is 55.7 Å². The fraction of sp³-hybridized carbons (Fsp3) is 0.154. The van der Waals surface area contributed by atoms with Gasteiger partial charge >= 0.3 is 0 Å². The summed E-state index contributed by atoms with van der Waals surface area (Å²) in [4.78, 5) is 4.85. The Kier molecular flexibility index (Phi) is 6.44. The lowest BCUT2D eigenvalue weighted by molar-refractivity contribution is -0.571. The summed E-state index contributed by atoms with van der Waals surface area (Å²) in [6.07, 6.45) is -4.08. The molecule has 0 saturated carbocycles. The lowest BCUT2D eigenvalue weighted by Gasteiger charge is -2.42. The van der Waals surface area contributed by atoms with E-state index in [0.29, 0.717) is 28.3 Å². The minimum atomic E-state index is -4.70. The summed E-state index contributed by atoms with van der Waals surface area (Å²) in [5.74, 6) is 1.16.